The Morgan fingerprint density at radius 2 is 2.00 bits per heavy atom. The predicted octanol–water partition coefficient (Wildman–Crippen LogP) is 1.74. The van der Waals surface area contributed by atoms with E-state index in [2.05, 4.69) is 10.2 Å². The number of halogens is 1. The number of hydrogen-bond donors (Lipinski definition) is 1. The van der Waals surface area contributed by atoms with Gasteiger partial charge in [0.25, 0.3) is 0 Å². The van der Waals surface area contributed by atoms with Crippen LogP contribution in [0.2, 0.25) is 0 Å². The smallest absolute Gasteiger partial charge is 0.191 e. The summed E-state index contributed by atoms with van der Waals surface area (Å²) >= 11 is 1.50. The number of hydrogen-bond acceptors (Lipinski definition) is 4. The fraction of sp³-hybridized carbons (Fsp3) is 0.273. The third kappa shape index (κ3) is 2.83. The van der Waals surface area contributed by atoms with Gasteiger partial charge in [-0.1, -0.05) is 23.9 Å². The third-order valence-corrected chi connectivity index (χ3v) is 3.44. The zero-order valence-electron chi connectivity index (χ0n) is 9.30. The van der Waals surface area contributed by atoms with Gasteiger partial charge in [-0.15, -0.1) is 10.2 Å². The van der Waals surface area contributed by atoms with E-state index < -0.39 is 0 Å². The summed E-state index contributed by atoms with van der Waals surface area (Å²) in [5, 5.41) is 17.5. The zero-order chi connectivity index (χ0) is 12.3. The minimum Gasteiger partial charge on any atom is -0.388 e. The highest BCUT2D eigenvalue weighted by Gasteiger charge is 2.08. The molecule has 17 heavy (non-hydrogen) atoms. The van der Waals surface area contributed by atoms with Crippen molar-refractivity contribution >= 4 is 11.8 Å². The molecule has 1 aromatic heterocycles. The normalized spacial score (nSPS) is 10.8. The second kappa shape index (κ2) is 5.29. The molecule has 0 bridgehead atoms. The van der Waals surface area contributed by atoms with E-state index >= 15 is 0 Å². The van der Waals surface area contributed by atoms with E-state index in [1.807, 2.05) is 0 Å². The predicted molar refractivity (Wildman–Crippen MR) is 62.9 cm³/mol. The largest absolute Gasteiger partial charge is 0.388 e. The molecule has 0 saturated carbocycles. The molecule has 0 fully saturated rings. The lowest BCUT2D eigenvalue weighted by Crippen LogP contribution is -1.98. The standard InChI is InChI=1S/C11H12FN3OS/c1-15-10(6-16)13-14-11(15)17-7-8-2-4-9(12)5-3-8/h2-5,16H,6-7H2,1H3. The Bertz CT molecular complexity index is 498. The Hall–Kier alpha value is -1.40. The molecular weight excluding hydrogens is 241 g/mol. The second-order valence-electron chi connectivity index (χ2n) is 3.53. The summed E-state index contributed by atoms with van der Waals surface area (Å²) in [5.41, 5.74) is 1.02. The summed E-state index contributed by atoms with van der Waals surface area (Å²) in [6.07, 6.45) is 0. The number of aromatic nitrogens is 3. The monoisotopic (exact) mass is 253 g/mol. The third-order valence-electron chi connectivity index (χ3n) is 2.35. The van der Waals surface area contributed by atoms with Gasteiger partial charge in [0, 0.05) is 12.8 Å². The van der Waals surface area contributed by atoms with E-state index in [4.69, 9.17) is 5.11 Å². The topological polar surface area (TPSA) is 50.9 Å². The van der Waals surface area contributed by atoms with Crippen LogP contribution in [0.15, 0.2) is 29.4 Å². The van der Waals surface area contributed by atoms with Crippen molar-refractivity contribution in [3.05, 3.63) is 41.5 Å². The van der Waals surface area contributed by atoms with Crippen LogP contribution in [0, 0.1) is 5.82 Å². The fourth-order valence-electron chi connectivity index (χ4n) is 1.34. The molecule has 0 aliphatic heterocycles. The first-order valence-electron chi connectivity index (χ1n) is 5.07. The molecule has 0 amide bonds. The first-order chi connectivity index (χ1) is 8.20. The molecule has 0 aliphatic carbocycles. The van der Waals surface area contributed by atoms with Crippen molar-refractivity contribution < 1.29 is 9.50 Å². The molecule has 0 atom stereocenters. The van der Waals surface area contributed by atoms with Gasteiger partial charge in [0.2, 0.25) is 0 Å². The van der Waals surface area contributed by atoms with Crippen LogP contribution < -0.4 is 0 Å². The number of thioether (sulfide) groups is 1. The molecule has 2 rings (SSSR count). The fourth-order valence-corrected chi connectivity index (χ4v) is 2.22. The van der Waals surface area contributed by atoms with Crippen LogP contribution in [0.25, 0.3) is 0 Å². The van der Waals surface area contributed by atoms with Crippen LogP contribution in [0.1, 0.15) is 11.4 Å². The van der Waals surface area contributed by atoms with Crippen LogP contribution in [0.3, 0.4) is 0 Å². The highest BCUT2D eigenvalue weighted by atomic mass is 32.2. The van der Waals surface area contributed by atoms with Gasteiger partial charge in [0.15, 0.2) is 11.0 Å². The Kier molecular flexibility index (Phi) is 3.75. The summed E-state index contributed by atoms with van der Waals surface area (Å²) < 4.78 is 14.4. The second-order valence-corrected chi connectivity index (χ2v) is 4.47. The van der Waals surface area contributed by atoms with Gasteiger partial charge in [-0.25, -0.2) is 4.39 Å². The Balaban J connectivity index is 2.02. The van der Waals surface area contributed by atoms with Crippen molar-refractivity contribution in [1.29, 1.82) is 0 Å². The SMILES string of the molecule is Cn1c(CO)nnc1SCc1ccc(F)cc1. The molecule has 1 heterocycles. The average Bonchev–Trinajstić information content (AvgIpc) is 2.69. The lowest BCUT2D eigenvalue weighted by molar-refractivity contribution is 0.266. The maximum absolute atomic E-state index is 12.7. The summed E-state index contributed by atoms with van der Waals surface area (Å²) in [7, 11) is 1.80. The first kappa shape index (κ1) is 12.1. The number of nitrogens with zero attached hydrogens (tertiary/aromatic N) is 3. The quantitative estimate of drug-likeness (QED) is 0.843. The van der Waals surface area contributed by atoms with Gasteiger partial charge < -0.3 is 9.67 Å². The summed E-state index contributed by atoms with van der Waals surface area (Å²) in [4.78, 5) is 0. The van der Waals surface area contributed by atoms with Crippen molar-refractivity contribution in [3.63, 3.8) is 0 Å². The summed E-state index contributed by atoms with van der Waals surface area (Å²) in [6.45, 7) is -0.124. The van der Waals surface area contributed by atoms with Crippen LogP contribution >= 0.6 is 11.8 Å². The van der Waals surface area contributed by atoms with Crippen LogP contribution in [-0.4, -0.2) is 19.9 Å². The van der Waals surface area contributed by atoms with Crippen molar-refractivity contribution in [2.45, 2.75) is 17.5 Å². The van der Waals surface area contributed by atoms with Crippen LogP contribution in [0.4, 0.5) is 4.39 Å². The van der Waals surface area contributed by atoms with Gasteiger partial charge >= 0.3 is 0 Å². The number of benzene rings is 1. The van der Waals surface area contributed by atoms with Crippen molar-refractivity contribution in [1.82, 2.24) is 14.8 Å². The average molecular weight is 253 g/mol. The van der Waals surface area contributed by atoms with E-state index in [0.29, 0.717) is 11.6 Å². The zero-order valence-corrected chi connectivity index (χ0v) is 10.1. The van der Waals surface area contributed by atoms with Crippen LogP contribution in [-0.2, 0) is 19.4 Å². The van der Waals surface area contributed by atoms with Gasteiger partial charge in [-0.2, -0.15) is 0 Å². The Labute approximate surface area is 102 Å². The van der Waals surface area contributed by atoms with Gasteiger partial charge in [0.05, 0.1) is 0 Å². The minimum atomic E-state index is -0.236. The van der Waals surface area contributed by atoms with Crippen molar-refractivity contribution in [2.24, 2.45) is 7.05 Å². The molecule has 2 aromatic rings. The molecule has 0 unspecified atom stereocenters. The lowest BCUT2D eigenvalue weighted by Gasteiger charge is -2.02. The van der Waals surface area contributed by atoms with E-state index in [1.54, 1.807) is 23.7 Å². The maximum atomic E-state index is 12.7. The molecular formula is C11H12FN3OS. The van der Waals surface area contributed by atoms with E-state index in [0.717, 1.165) is 10.7 Å². The van der Waals surface area contributed by atoms with Gasteiger partial charge in [-0.05, 0) is 17.7 Å². The van der Waals surface area contributed by atoms with E-state index in [9.17, 15) is 4.39 Å². The maximum Gasteiger partial charge on any atom is 0.191 e. The van der Waals surface area contributed by atoms with Gasteiger partial charge in [0.1, 0.15) is 12.4 Å². The van der Waals surface area contributed by atoms with E-state index in [-0.39, 0.29) is 12.4 Å². The Morgan fingerprint density at radius 3 is 2.59 bits per heavy atom. The molecule has 4 nitrogen and oxygen atoms in total. The van der Waals surface area contributed by atoms with Crippen molar-refractivity contribution in [3.8, 4) is 0 Å². The van der Waals surface area contributed by atoms with Crippen LogP contribution in [0.5, 0.6) is 0 Å². The van der Waals surface area contributed by atoms with Crippen molar-refractivity contribution in [2.75, 3.05) is 0 Å². The number of aliphatic hydroxyl groups excluding tert-OH is 1. The minimum absolute atomic E-state index is 0.124. The summed E-state index contributed by atoms with van der Waals surface area (Å²) in [6, 6.07) is 6.36. The molecule has 1 N–H and O–H groups in total. The first-order valence-corrected chi connectivity index (χ1v) is 6.05. The molecule has 0 spiro atoms. The molecule has 0 aliphatic rings. The molecule has 90 valence electrons. The Morgan fingerprint density at radius 1 is 1.29 bits per heavy atom. The van der Waals surface area contributed by atoms with Gasteiger partial charge in [-0.3, -0.25) is 0 Å². The molecule has 0 saturated heterocycles. The number of rotatable bonds is 4. The lowest BCUT2D eigenvalue weighted by atomic mass is 10.2. The summed E-state index contributed by atoms with van der Waals surface area (Å²) in [5.74, 6) is 0.990. The molecule has 6 heteroatoms. The molecule has 0 radical (unpaired) electrons. The highest BCUT2D eigenvalue weighted by Crippen LogP contribution is 2.21. The van der Waals surface area contributed by atoms with E-state index in [1.165, 1.54) is 23.9 Å². The number of aliphatic hydroxyl groups is 1. The molecule has 1 aromatic carbocycles. The highest BCUT2D eigenvalue weighted by molar-refractivity contribution is 7.98.